The Hall–Kier alpha value is -2.61. The van der Waals surface area contributed by atoms with Gasteiger partial charge >= 0.3 is 0 Å². The summed E-state index contributed by atoms with van der Waals surface area (Å²) in [7, 11) is 0. The molecule has 0 spiro atoms. The number of benzene rings is 2. The van der Waals surface area contributed by atoms with E-state index in [1.165, 1.54) is 59.0 Å². The average Bonchev–Trinajstić information content (AvgIpc) is 3.36. The molecule has 1 atom stereocenters. The molecule has 2 heteroatoms. The predicted molar refractivity (Wildman–Crippen MR) is 122 cm³/mol. The molecule has 0 amide bonds. The van der Waals surface area contributed by atoms with Crippen molar-refractivity contribution in [1.29, 1.82) is 0 Å². The van der Waals surface area contributed by atoms with Gasteiger partial charge in [-0.1, -0.05) is 62.2 Å². The van der Waals surface area contributed by atoms with E-state index < -0.39 is 0 Å². The highest BCUT2D eigenvalue weighted by molar-refractivity contribution is 5.91. The lowest BCUT2D eigenvalue weighted by molar-refractivity contribution is 0.461. The van der Waals surface area contributed by atoms with Crippen LogP contribution in [0, 0.1) is 19.8 Å². The molecule has 0 aliphatic heterocycles. The summed E-state index contributed by atoms with van der Waals surface area (Å²) in [5.41, 5.74) is 8.89. The Labute approximate surface area is 173 Å². The quantitative estimate of drug-likeness (QED) is 0.372. The van der Waals surface area contributed by atoms with Crippen LogP contribution < -0.4 is 0 Å². The normalized spacial score (nSPS) is 16.1. The first-order valence-corrected chi connectivity index (χ1v) is 11.1. The van der Waals surface area contributed by atoms with Crippen molar-refractivity contribution in [3.8, 4) is 0 Å². The smallest absolute Gasteiger partial charge is 0.141 e. The molecule has 0 bridgehead atoms. The van der Waals surface area contributed by atoms with Gasteiger partial charge in [0.2, 0.25) is 0 Å². The van der Waals surface area contributed by atoms with Gasteiger partial charge in [0.05, 0.1) is 5.52 Å². The lowest BCUT2D eigenvalue weighted by atomic mass is 9.86. The number of nitrogens with zero attached hydrogens (tertiary/aromatic N) is 2. The summed E-state index contributed by atoms with van der Waals surface area (Å²) in [4.78, 5) is 4.93. The van der Waals surface area contributed by atoms with E-state index in [1.54, 1.807) is 0 Å². The highest BCUT2D eigenvalue weighted by Gasteiger charge is 2.22. The van der Waals surface area contributed by atoms with Crippen LogP contribution in [0.1, 0.15) is 66.6 Å². The molecule has 0 saturated heterocycles. The summed E-state index contributed by atoms with van der Waals surface area (Å²) >= 11 is 0. The first kappa shape index (κ1) is 18.4. The second kappa shape index (κ2) is 7.33. The minimum Gasteiger partial charge on any atom is -0.298 e. The summed E-state index contributed by atoms with van der Waals surface area (Å²) in [6, 6.07) is 20.3. The molecule has 1 aliphatic rings. The molecule has 29 heavy (non-hydrogen) atoms. The lowest BCUT2D eigenvalue weighted by Gasteiger charge is -2.19. The molecule has 1 unspecified atom stereocenters. The number of rotatable bonds is 4. The van der Waals surface area contributed by atoms with Crippen LogP contribution in [-0.4, -0.2) is 9.38 Å². The third-order valence-electron chi connectivity index (χ3n) is 7.00. The van der Waals surface area contributed by atoms with E-state index in [2.05, 4.69) is 79.8 Å². The number of hydrogen-bond donors (Lipinski definition) is 0. The zero-order valence-corrected chi connectivity index (χ0v) is 17.8. The van der Waals surface area contributed by atoms with Crippen LogP contribution in [0.3, 0.4) is 0 Å². The molecular formula is C27H30N2. The third-order valence-corrected chi connectivity index (χ3v) is 7.00. The maximum atomic E-state index is 4.93. The van der Waals surface area contributed by atoms with Crippen LogP contribution in [0.5, 0.6) is 0 Å². The van der Waals surface area contributed by atoms with Crippen molar-refractivity contribution in [1.82, 2.24) is 9.38 Å². The van der Waals surface area contributed by atoms with Gasteiger partial charge in [0.25, 0.3) is 0 Å². The van der Waals surface area contributed by atoms with Gasteiger partial charge in [-0.25, -0.2) is 4.98 Å². The van der Waals surface area contributed by atoms with Crippen LogP contribution in [0.25, 0.3) is 16.6 Å². The van der Waals surface area contributed by atoms with Gasteiger partial charge in [0.15, 0.2) is 0 Å². The average molecular weight is 383 g/mol. The Balaban J connectivity index is 1.53. The highest BCUT2D eigenvalue weighted by atomic mass is 15.0. The standard InChI is InChI=1S/C27H30N2/c1-18-16-19(2)29-26-11-7-6-10-24(26)25(27(29)28-18)17-21-12-14-23(15-13-21)20(3)22-8-4-5-9-22/h6-7,10-16,20,22H,4-5,8-9,17H2,1-3H3. The topological polar surface area (TPSA) is 17.3 Å². The van der Waals surface area contributed by atoms with E-state index in [9.17, 15) is 0 Å². The molecule has 1 fully saturated rings. The number of fused-ring (bicyclic) bond motifs is 3. The van der Waals surface area contributed by atoms with Gasteiger partial charge in [-0.05, 0) is 61.8 Å². The molecule has 1 saturated carbocycles. The minimum absolute atomic E-state index is 0.676. The number of para-hydroxylation sites is 1. The molecule has 0 radical (unpaired) electrons. The SMILES string of the molecule is Cc1cc(C)n2c(n1)c(Cc1ccc(C(C)C3CCCC3)cc1)c1ccccc12. The van der Waals surface area contributed by atoms with Gasteiger partial charge < -0.3 is 0 Å². The van der Waals surface area contributed by atoms with Crippen molar-refractivity contribution in [3.63, 3.8) is 0 Å². The lowest BCUT2D eigenvalue weighted by Crippen LogP contribution is -2.05. The largest absolute Gasteiger partial charge is 0.298 e. The van der Waals surface area contributed by atoms with Crippen molar-refractivity contribution < 1.29 is 0 Å². The molecule has 2 heterocycles. The summed E-state index contributed by atoms with van der Waals surface area (Å²) in [6.07, 6.45) is 6.54. The second-order valence-electron chi connectivity index (χ2n) is 8.95. The molecular weight excluding hydrogens is 352 g/mol. The Morgan fingerprint density at radius 2 is 1.72 bits per heavy atom. The van der Waals surface area contributed by atoms with E-state index in [-0.39, 0.29) is 0 Å². The minimum atomic E-state index is 0.676. The van der Waals surface area contributed by atoms with Crippen LogP contribution in [0.4, 0.5) is 0 Å². The third kappa shape index (κ3) is 3.25. The zero-order chi connectivity index (χ0) is 20.0. The Bertz CT molecular complexity index is 1160. The Morgan fingerprint density at radius 1 is 1.00 bits per heavy atom. The van der Waals surface area contributed by atoms with Crippen molar-refractivity contribution in [2.45, 2.75) is 58.8 Å². The van der Waals surface area contributed by atoms with Crippen LogP contribution in [0.15, 0.2) is 54.6 Å². The summed E-state index contributed by atoms with van der Waals surface area (Å²) in [5.74, 6) is 1.55. The molecule has 5 rings (SSSR count). The van der Waals surface area contributed by atoms with E-state index in [0.29, 0.717) is 5.92 Å². The molecule has 2 nitrogen and oxygen atoms in total. The summed E-state index contributed by atoms with van der Waals surface area (Å²) < 4.78 is 2.31. The zero-order valence-electron chi connectivity index (χ0n) is 17.8. The monoisotopic (exact) mass is 382 g/mol. The number of aromatic nitrogens is 2. The first-order valence-electron chi connectivity index (χ1n) is 11.1. The second-order valence-corrected chi connectivity index (χ2v) is 8.95. The van der Waals surface area contributed by atoms with Gasteiger partial charge in [-0.3, -0.25) is 4.40 Å². The van der Waals surface area contributed by atoms with Crippen LogP contribution in [0.2, 0.25) is 0 Å². The van der Waals surface area contributed by atoms with Gasteiger partial charge in [-0.15, -0.1) is 0 Å². The molecule has 1 aliphatic carbocycles. The van der Waals surface area contributed by atoms with Crippen LogP contribution in [-0.2, 0) is 6.42 Å². The molecule has 4 aromatic rings. The fourth-order valence-corrected chi connectivity index (χ4v) is 5.38. The van der Waals surface area contributed by atoms with Gasteiger partial charge in [0.1, 0.15) is 5.65 Å². The van der Waals surface area contributed by atoms with Crippen molar-refractivity contribution >= 4 is 16.6 Å². The van der Waals surface area contributed by atoms with Crippen molar-refractivity contribution in [2.24, 2.45) is 5.92 Å². The molecule has 148 valence electrons. The predicted octanol–water partition coefficient (Wildman–Crippen LogP) is 6.99. The van der Waals surface area contributed by atoms with E-state index in [1.807, 2.05) is 0 Å². The fourth-order valence-electron chi connectivity index (χ4n) is 5.38. The summed E-state index contributed by atoms with van der Waals surface area (Å²) in [5, 5.41) is 1.32. The number of aryl methyl sites for hydroxylation is 2. The molecule has 0 N–H and O–H groups in total. The van der Waals surface area contributed by atoms with E-state index in [4.69, 9.17) is 4.98 Å². The Morgan fingerprint density at radius 3 is 2.48 bits per heavy atom. The molecule has 2 aromatic carbocycles. The number of hydrogen-bond acceptors (Lipinski definition) is 1. The van der Waals surface area contributed by atoms with Crippen molar-refractivity contribution in [2.75, 3.05) is 0 Å². The van der Waals surface area contributed by atoms with Gasteiger partial charge in [-0.2, -0.15) is 0 Å². The summed E-state index contributed by atoms with van der Waals surface area (Å²) in [6.45, 7) is 6.68. The van der Waals surface area contributed by atoms with E-state index in [0.717, 1.165) is 23.7 Å². The Kier molecular flexibility index (Phi) is 4.66. The maximum Gasteiger partial charge on any atom is 0.141 e. The highest BCUT2D eigenvalue weighted by Crippen LogP contribution is 2.37. The van der Waals surface area contributed by atoms with Crippen LogP contribution >= 0.6 is 0 Å². The maximum absolute atomic E-state index is 4.93. The van der Waals surface area contributed by atoms with Crippen molar-refractivity contribution in [3.05, 3.63) is 82.7 Å². The van der Waals surface area contributed by atoms with E-state index >= 15 is 0 Å². The fraction of sp³-hybridized carbons (Fsp3) is 0.370. The first-order chi connectivity index (χ1) is 14.1. The molecule has 2 aromatic heterocycles. The van der Waals surface area contributed by atoms with Gasteiger partial charge in [0, 0.05) is 28.8 Å².